The molecule has 8 nitrogen and oxygen atoms in total. The average molecular weight is 356 g/mol. The summed E-state index contributed by atoms with van der Waals surface area (Å²) in [4.78, 5) is 16.6. The molecular formula is C15H20N2O6S. The number of amides is 1. The molecule has 0 saturated carbocycles. The number of rotatable bonds is 7. The molecule has 0 spiro atoms. The van der Waals surface area contributed by atoms with Gasteiger partial charge in [-0.15, -0.1) is 0 Å². The monoisotopic (exact) mass is 356 g/mol. The number of carbonyl (C=O) groups excluding carboxylic acids is 1. The molecule has 1 N–H and O–H groups in total. The number of sulfone groups is 1. The third kappa shape index (κ3) is 4.85. The molecule has 1 heterocycles. The molecule has 1 fully saturated rings. The Morgan fingerprint density at radius 3 is 2.79 bits per heavy atom. The molecule has 1 amide bonds. The fraction of sp³-hybridized carbons (Fsp3) is 0.467. The molecule has 0 bridgehead atoms. The molecule has 1 aromatic carbocycles. The summed E-state index contributed by atoms with van der Waals surface area (Å²) in [7, 11) is 0.0161. The van der Waals surface area contributed by atoms with Crippen molar-refractivity contribution in [3.8, 4) is 11.5 Å². The van der Waals surface area contributed by atoms with E-state index in [1.54, 1.807) is 18.2 Å². The first-order chi connectivity index (χ1) is 11.4. The van der Waals surface area contributed by atoms with Gasteiger partial charge >= 0.3 is 0 Å². The number of hydrogen-bond donors (Lipinski definition) is 1. The number of para-hydroxylation sites is 1. The van der Waals surface area contributed by atoms with E-state index < -0.39 is 15.7 Å². The Balaban J connectivity index is 1.83. The lowest BCUT2D eigenvalue weighted by molar-refractivity contribution is -0.126. The van der Waals surface area contributed by atoms with E-state index in [-0.39, 0.29) is 24.2 Å². The molecule has 24 heavy (non-hydrogen) atoms. The highest BCUT2D eigenvalue weighted by Gasteiger charge is 2.28. The predicted molar refractivity (Wildman–Crippen MR) is 88.3 cm³/mol. The van der Waals surface area contributed by atoms with Crippen LogP contribution in [0.3, 0.4) is 0 Å². The molecule has 1 aromatic rings. The number of hydrogen-bond acceptors (Lipinski definition) is 7. The van der Waals surface area contributed by atoms with E-state index in [4.69, 9.17) is 14.3 Å². The van der Waals surface area contributed by atoms with E-state index in [0.717, 1.165) is 0 Å². The van der Waals surface area contributed by atoms with Gasteiger partial charge in [-0.3, -0.25) is 4.79 Å². The van der Waals surface area contributed by atoms with Crippen molar-refractivity contribution in [3.05, 3.63) is 23.8 Å². The van der Waals surface area contributed by atoms with Gasteiger partial charge in [-0.2, -0.15) is 0 Å². The summed E-state index contributed by atoms with van der Waals surface area (Å²) in [6.45, 7) is -0.292. The summed E-state index contributed by atoms with van der Waals surface area (Å²) < 4.78 is 33.1. The van der Waals surface area contributed by atoms with E-state index in [0.29, 0.717) is 23.5 Å². The lowest BCUT2D eigenvalue weighted by atomic mass is 10.2. The van der Waals surface area contributed by atoms with Crippen LogP contribution in [0.25, 0.3) is 0 Å². The SMILES string of the molecule is COc1cccc(/C=N\OCC(=O)N[C@@H]2CCS(=O)(=O)C2)c1OC. The molecule has 1 saturated heterocycles. The van der Waals surface area contributed by atoms with Crippen LogP contribution in [0.1, 0.15) is 12.0 Å². The van der Waals surface area contributed by atoms with Gasteiger partial charge in [0.1, 0.15) is 0 Å². The number of nitrogens with one attached hydrogen (secondary N) is 1. The Morgan fingerprint density at radius 1 is 1.38 bits per heavy atom. The number of carbonyl (C=O) groups is 1. The minimum absolute atomic E-state index is 0.0248. The minimum atomic E-state index is -3.03. The molecule has 1 aliphatic heterocycles. The number of oxime groups is 1. The van der Waals surface area contributed by atoms with Gasteiger partial charge in [-0.05, 0) is 18.6 Å². The molecule has 9 heteroatoms. The summed E-state index contributed by atoms with van der Waals surface area (Å²) in [5.74, 6) is 0.733. The van der Waals surface area contributed by atoms with Gasteiger partial charge in [0, 0.05) is 11.6 Å². The highest BCUT2D eigenvalue weighted by atomic mass is 32.2. The van der Waals surface area contributed by atoms with Crippen molar-refractivity contribution in [1.82, 2.24) is 5.32 Å². The van der Waals surface area contributed by atoms with Crippen LogP contribution in [0.5, 0.6) is 11.5 Å². The third-order valence-corrected chi connectivity index (χ3v) is 5.26. The number of methoxy groups -OCH3 is 2. The van der Waals surface area contributed by atoms with Gasteiger partial charge in [0.2, 0.25) is 0 Å². The van der Waals surface area contributed by atoms with Gasteiger partial charge in [0.05, 0.1) is 31.9 Å². The Labute approximate surface area is 140 Å². The zero-order valence-electron chi connectivity index (χ0n) is 13.5. The zero-order chi connectivity index (χ0) is 17.6. The van der Waals surface area contributed by atoms with Crippen molar-refractivity contribution >= 4 is 22.0 Å². The van der Waals surface area contributed by atoms with Crippen LogP contribution in [-0.4, -0.2) is 58.9 Å². The first kappa shape index (κ1) is 18.1. The highest BCUT2D eigenvalue weighted by Crippen LogP contribution is 2.29. The predicted octanol–water partition coefficient (Wildman–Crippen LogP) is 0.358. The van der Waals surface area contributed by atoms with Gasteiger partial charge in [0.25, 0.3) is 5.91 Å². The van der Waals surface area contributed by atoms with Crippen LogP contribution in [0, 0.1) is 0 Å². The molecule has 1 atom stereocenters. The van der Waals surface area contributed by atoms with Crippen LogP contribution in [0.15, 0.2) is 23.4 Å². The Morgan fingerprint density at radius 2 is 2.17 bits per heavy atom. The van der Waals surface area contributed by atoms with Crippen LogP contribution < -0.4 is 14.8 Å². The van der Waals surface area contributed by atoms with Crippen molar-refractivity contribution in [1.29, 1.82) is 0 Å². The fourth-order valence-corrected chi connectivity index (χ4v) is 4.06. The summed E-state index contributed by atoms with van der Waals surface area (Å²) in [6.07, 6.45) is 1.84. The summed E-state index contributed by atoms with van der Waals surface area (Å²) in [5.41, 5.74) is 0.638. The fourth-order valence-electron chi connectivity index (χ4n) is 2.38. The van der Waals surface area contributed by atoms with Gasteiger partial charge in [-0.1, -0.05) is 11.2 Å². The molecule has 0 unspecified atom stereocenters. The molecule has 132 valence electrons. The van der Waals surface area contributed by atoms with Crippen LogP contribution in [0.4, 0.5) is 0 Å². The molecule has 0 aliphatic carbocycles. The van der Waals surface area contributed by atoms with Gasteiger partial charge in [-0.25, -0.2) is 8.42 Å². The average Bonchev–Trinajstić information content (AvgIpc) is 2.89. The van der Waals surface area contributed by atoms with E-state index in [1.165, 1.54) is 20.4 Å². The Kier molecular flexibility index (Phi) is 6.02. The van der Waals surface area contributed by atoms with Crippen molar-refractivity contribution in [2.75, 3.05) is 32.3 Å². The van der Waals surface area contributed by atoms with E-state index in [1.807, 2.05) is 0 Å². The van der Waals surface area contributed by atoms with Gasteiger partial charge in [0.15, 0.2) is 27.9 Å². The van der Waals surface area contributed by atoms with Gasteiger partial charge < -0.3 is 19.6 Å². The molecule has 1 aliphatic rings. The zero-order valence-corrected chi connectivity index (χ0v) is 14.3. The first-order valence-electron chi connectivity index (χ1n) is 7.31. The lowest BCUT2D eigenvalue weighted by Crippen LogP contribution is -2.37. The Bertz CT molecular complexity index is 717. The second-order valence-electron chi connectivity index (χ2n) is 5.26. The van der Waals surface area contributed by atoms with Crippen LogP contribution in [-0.2, 0) is 19.5 Å². The van der Waals surface area contributed by atoms with Crippen LogP contribution >= 0.6 is 0 Å². The van der Waals surface area contributed by atoms with Crippen molar-refractivity contribution in [2.45, 2.75) is 12.5 Å². The second-order valence-corrected chi connectivity index (χ2v) is 7.49. The smallest absolute Gasteiger partial charge is 0.261 e. The maximum absolute atomic E-state index is 11.7. The van der Waals surface area contributed by atoms with Crippen molar-refractivity contribution < 1.29 is 27.5 Å². The first-order valence-corrected chi connectivity index (χ1v) is 9.13. The summed E-state index contributed by atoms with van der Waals surface area (Å²) >= 11 is 0. The van der Waals surface area contributed by atoms with E-state index >= 15 is 0 Å². The second kappa shape index (κ2) is 8.00. The maximum Gasteiger partial charge on any atom is 0.261 e. The summed E-state index contributed by atoms with van der Waals surface area (Å²) in [5, 5.41) is 6.34. The normalized spacial score (nSPS) is 19.2. The topological polar surface area (TPSA) is 103 Å². The molecule has 0 radical (unpaired) electrons. The molecule has 0 aromatic heterocycles. The standard InChI is InChI=1S/C15H20N2O6S/c1-21-13-5-3-4-11(15(13)22-2)8-16-23-9-14(18)17-12-6-7-24(19,20)10-12/h3-5,8,12H,6-7,9-10H2,1-2H3,(H,17,18)/b16-8-/t12-/m1/s1. The minimum Gasteiger partial charge on any atom is -0.493 e. The van der Waals surface area contributed by atoms with E-state index in [2.05, 4.69) is 10.5 Å². The van der Waals surface area contributed by atoms with Crippen molar-refractivity contribution in [3.63, 3.8) is 0 Å². The lowest BCUT2D eigenvalue weighted by Gasteiger charge is -2.10. The van der Waals surface area contributed by atoms with Crippen molar-refractivity contribution in [2.24, 2.45) is 5.16 Å². The highest BCUT2D eigenvalue weighted by molar-refractivity contribution is 7.91. The third-order valence-electron chi connectivity index (χ3n) is 3.49. The van der Waals surface area contributed by atoms with E-state index in [9.17, 15) is 13.2 Å². The largest absolute Gasteiger partial charge is 0.493 e. The molecular weight excluding hydrogens is 336 g/mol. The maximum atomic E-state index is 11.7. The van der Waals surface area contributed by atoms with Crippen LogP contribution in [0.2, 0.25) is 0 Å². The number of nitrogens with zero attached hydrogens (tertiary/aromatic N) is 1. The quantitative estimate of drug-likeness (QED) is 0.559. The number of benzene rings is 1. The molecule has 2 rings (SSSR count). The number of ether oxygens (including phenoxy) is 2. The summed E-state index contributed by atoms with van der Waals surface area (Å²) in [6, 6.07) is 4.93. The Hall–Kier alpha value is -2.29.